The third kappa shape index (κ3) is 5.01. The maximum absolute atomic E-state index is 12.5. The lowest BCUT2D eigenvalue weighted by atomic mass is 10.00. The molecule has 2 aromatic rings. The lowest BCUT2D eigenvalue weighted by molar-refractivity contribution is -0.124. The second-order valence-electron chi connectivity index (χ2n) is 8.38. The Morgan fingerprint density at radius 2 is 1.72 bits per heavy atom. The van der Waals surface area contributed by atoms with E-state index in [4.69, 9.17) is 0 Å². The number of hydrogen-bond acceptors (Lipinski definition) is 5. The Labute approximate surface area is 189 Å². The molecule has 168 valence electrons. The minimum Gasteiger partial charge on any atom is -0.339 e. The molecular formula is C24H28N4O3S. The zero-order valence-electron chi connectivity index (χ0n) is 18.0. The van der Waals surface area contributed by atoms with Gasteiger partial charge in [-0.1, -0.05) is 42.8 Å². The second-order valence-corrected chi connectivity index (χ2v) is 10.3. The summed E-state index contributed by atoms with van der Waals surface area (Å²) in [5.74, 6) is -0.110. The van der Waals surface area contributed by atoms with Crippen LogP contribution in [0.3, 0.4) is 0 Å². The first-order chi connectivity index (χ1) is 15.5. The maximum atomic E-state index is 12.5. The molecule has 0 aliphatic carbocycles. The van der Waals surface area contributed by atoms with E-state index < -0.39 is 16.1 Å². The third-order valence-corrected chi connectivity index (χ3v) is 8.05. The van der Waals surface area contributed by atoms with Gasteiger partial charge in [0.1, 0.15) is 6.04 Å². The third-order valence-electron chi connectivity index (χ3n) is 6.13. The molecule has 8 heteroatoms. The van der Waals surface area contributed by atoms with Crippen molar-refractivity contribution >= 4 is 15.9 Å². The van der Waals surface area contributed by atoms with Crippen LogP contribution in [-0.4, -0.2) is 50.3 Å². The first kappa shape index (κ1) is 22.5. The van der Waals surface area contributed by atoms with Crippen LogP contribution in [0.25, 0.3) is 11.1 Å². The van der Waals surface area contributed by atoms with Gasteiger partial charge in [-0.15, -0.1) is 0 Å². The zero-order valence-corrected chi connectivity index (χ0v) is 18.8. The van der Waals surface area contributed by atoms with Gasteiger partial charge in [-0.3, -0.25) is 4.79 Å². The molecular weight excluding hydrogens is 424 g/mol. The van der Waals surface area contributed by atoms with Crippen molar-refractivity contribution in [3.05, 3.63) is 54.1 Å². The van der Waals surface area contributed by atoms with Crippen molar-refractivity contribution in [1.82, 2.24) is 14.9 Å². The number of rotatable bonds is 7. The molecule has 0 aromatic heterocycles. The number of nitriles is 1. The van der Waals surface area contributed by atoms with Crippen LogP contribution < -0.4 is 10.6 Å². The normalized spacial score (nSPS) is 20.0. The Hall–Kier alpha value is -2.73. The van der Waals surface area contributed by atoms with Crippen LogP contribution in [0.4, 0.5) is 0 Å². The monoisotopic (exact) mass is 452 g/mol. The van der Waals surface area contributed by atoms with Crippen molar-refractivity contribution in [3.8, 4) is 17.2 Å². The lowest BCUT2D eigenvalue weighted by Crippen LogP contribution is -2.49. The van der Waals surface area contributed by atoms with Crippen molar-refractivity contribution < 1.29 is 13.2 Å². The predicted molar refractivity (Wildman–Crippen MR) is 122 cm³/mol. The fourth-order valence-corrected chi connectivity index (χ4v) is 5.56. The molecule has 2 aliphatic rings. The van der Waals surface area contributed by atoms with Gasteiger partial charge in [0.15, 0.2) is 0 Å². The molecule has 1 amide bonds. The maximum Gasteiger partial charge on any atom is 0.243 e. The van der Waals surface area contributed by atoms with E-state index in [0.717, 1.165) is 48.9 Å². The first-order valence-electron chi connectivity index (χ1n) is 11.1. The van der Waals surface area contributed by atoms with E-state index in [0.29, 0.717) is 24.4 Å². The lowest BCUT2D eigenvalue weighted by Gasteiger charge is -2.29. The van der Waals surface area contributed by atoms with Gasteiger partial charge in [-0.05, 0) is 54.6 Å². The van der Waals surface area contributed by atoms with Gasteiger partial charge in [0, 0.05) is 19.5 Å². The average Bonchev–Trinajstić information content (AvgIpc) is 2.78. The van der Waals surface area contributed by atoms with Gasteiger partial charge < -0.3 is 10.6 Å². The minimum atomic E-state index is -3.38. The fraction of sp³-hybridized carbons (Fsp3) is 0.417. The number of nitrogens with zero attached hydrogens (tertiary/aromatic N) is 2. The van der Waals surface area contributed by atoms with Crippen LogP contribution in [0.2, 0.25) is 0 Å². The first-order valence-corrected chi connectivity index (χ1v) is 12.5. The highest BCUT2D eigenvalue weighted by Gasteiger charge is 2.29. The minimum absolute atomic E-state index is 0.110. The smallest absolute Gasteiger partial charge is 0.243 e. The van der Waals surface area contributed by atoms with E-state index in [1.807, 2.05) is 36.4 Å². The highest BCUT2D eigenvalue weighted by Crippen LogP contribution is 2.25. The number of piperidine rings is 1. The summed E-state index contributed by atoms with van der Waals surface area (Å²) in [6.07, 6.45) is 4.25. The standard InChI is InChI=1S/C24H28N4O3S/c25-17-21(27-24(29)23-4-1-2-13-26-23)16-18-5-7-19(8-6-18)20-9-11-22(12-10-20)32(30,31)28-14-3-15-28/h5-12,21,23,26H,1-4,13-16H2,(H,27,29)/t21-,23-/m0/s1. The second kappa shape index (κ2) is 9.82. The Kier molecular flexibility index (Phi) is 6.89. The number of amides is 1. The van der Waals surface area contributed by atoms with Crippen molar-refractivity contribution in [2.24, 2.45) is 0 Å². The van der Waals surface area contributed by atoms with Gasteiger partial charge in [0.25, 0.3) is 0 Å². The fourth-order valence-electron chi connectivity index (χ4n) is 4.04. The Morgan fingerprint density at radius 3 is 2.25 bits per heavy atom. The molecule has 0 saturated carbocycles. The zero-order chi connectivity index (χ0) is 22.6. The summed E-state index contributed by atoms with van der Waals surface area (Å²) in [4.78, 5) is 12.7. The van der Waals surface area contributed by atoms with Crippen molar-refractivity contribution in [1.29, 1.82) is 5.26 Å². The van der Waals surface area contributed by atoms with Gasteiger partial charge >= 0.3 is 0 Å². The summed E-state index contributed by atoms with van der Waals surface area (Å²) < 4.78 is 26.5. The summed E-state index contributed by atoms with van der Waals surface area (Å²) in [5, 5.41) is 15.5. The molecule has 7 nitrogen and oxygen atoms in total. The molecule has 2 fully saturated rings. The van der Waals surface area contributed by atoms with E-state index in [1.54, 1.807) is 12.1 Å². The molecule has 0 unspecified atom stereocenters. The number of carbonyl (C=O) groups is 1. The molecule has 2 aliphatic heterocycles. The van der Waals surface area contributed by atoms with Gasteiger partial charge in [-0.2, -0.15) is 9.57 Å². The summed E-state index contributed by atoms with van der Waals surface area (Å²) in [6.45, 7) is 2.02. The molecule has 0 spiro atoms. The van der Waals surface area contributed by atoms with E-state index in [1.165, 1.54) is 4.31 Å². The topological polar surface area (TPSA) is 102 Å². The van der Waals surface area contributed by atoms with Gasteiger partial charge in [0.2, 0.25) is 15.9 Å². The van der Waals surface area contributed by atoms with E-state index in [9.17, 15) is 18.5 Å². The van der Waals surface area contributed by atoms with E-state index in [2.05, 4.69) is 16.7 Å². The Balaban J connectivity index is 1.38. The van der Waals surface area contributed by atoms with E-state index in [-0.39, 0.29) is 11.9 Å². The van der Waals surface area contributed by atoms with Crippen molar-refractivity contribution in [2.45, 2.75) is 49.1 Å². The predicted octanol–water partition coefficient (Wildman–Crippen LogP) is 2.44. The summed E-state index contributed by atoms with van der Waals surface area (Å²) in [7, 11) is -3.38. The van der Waals surface area contributed by atoms with Crippen LogP contribution in [-0.2, 0) is 21.2 Å². The highest BCUT2D eigenvalue weighted by molar-refractivity contribution is 7.89. The SMILES string of the molecule is N#C[C@H](Cc1ccc(-c2ccc(S(=O)(=O)N3CCC3)cc2)cc1)NC(=O)[C@@H]1CCCCN1. The number of benzene rings is 2. The summed E-state index contributed by atoms with van der Waals surface area (Å²) >= 11 is 0. The number of carbonyl (C=O) groups excluding carboxylic acids is 1. The van der Waals surface area contributed by atoms with Crippen LogP contribution in [0, 0.1) is 11.3 Å². The Bertz CT molecular complexity index is 1080. The molecule has 0 bridgehead atoms. The molecule has 32 heavy (non-hydrogen) atoms. The largest absolute Gasteiger partial charge is 0.339 e. The molecule has 2 atom stereocenters. The summed E-state index contributed by atoms with van der Waals surface area (Å²) in [5.41, 5.74) is 2.84. The molecule has 2 N–H and O–H groups in total. The van der Waals surface area contributed by atoms with Crippen LogP contribution in [0.15, 0.2) is 53.4 Å². The number of hydrogen-bond donors (Lipinski definition) is 2. The van der Waals surface area contributed by atoms with Crippen molar-refractivity contribution in [3.63, 3.8) is 0 Å². The van der Waals surface area contributed by atoms with E-state index >= 15 is 0 Å². The quantitative estimate of drug-likeness (QED) is 0.672. The molecule has 0 radical (unpaired) electrons. The van der Waals surface area contributed by atoms with Gasteiger partial charge in [0.05, 0.1) is 17.0 Å². The van der Waals surface area contributed by atoms with Crippen LogP contribution >= 0.6 is 0 Å². The van der Waals surface area contributed by atoms with Crippen LogP contribution in [0.1, 0.15) is 31.2 Å². The highest BCUT2D eigenvalue weighted by atomic mass is 32.2. The van der Waals surface area contributed by atoms with Crippen LogP contribution in [0.5, 0.6) is 0 Å². The average molecular weight is 453 g/mol. The number of nitrogens with one attached hydrogen (secondary N) is 2. The molecule has 2 aromatic carbocycles. The van der Waals surface area contributed by atoms with Gasteiger partial charge in [-0.25, -0.2) is 8.42 Å². The summed E-state index contributed by atoms with van der Waals surface area (Å²) in [6, 6.07) is 16.1. The Morgan fingerprint density at radius 1 is 1.06 bits per heavy atom. The molecule has 2 heterocycles. The molecule has 2 saturated heterocycles. The number of sulfonamides is 1. The van der Waals surface area contributed by atoms with Crippen molar-refractivity contribution in [2.75, 3.05) is 19.6 Å². The molecule has 4 rings (SSSR count).